The van der Waals surface area contributed by atoms with Crippen molar-refractivity contribution in [3.05, 3.63) is 52.9 Å². The van der Waals surface area contributed by atoms with Gasteiger partial charge in [0.1, 0.15) is 0 Å². The van der Waals surface area contributed by atoms with Crippen molar-refractivity contribution in [2.24, 2.45) is 0 Å². The predicted molar refractivity (Wildman–Crippen MR) is 68.0 cm³/mol. The summed E-state index contributed by atoms with van der Waals surface area (Å²) in [6.45, 7) is 0. The van der Waals surface area contributed by atoms with Crippen LogP contribution in [0, 0.1) is 0 Å². The molecule has 0 saturated heterocycles. The maximum Gasteiger partial charge on any atom is 0.417 e. The summed E-state index contributed by atoms with van der Waals surface area (Å²) in [5.74, 6) is 0.499. The molecule has 0 aliphatic rings. The Hall–Kier alpha value is -1.27. The maximum absolute atomic E-state index is 12.3. The van der Waals surface area contributed by atoms with Crippen LogP contribution < -0.4 is 0 Å². The largest absolute Gasteiger partial charge is 0.417 e. The van der Waals surface area contributed by atoms with E-state index in [1.54, 1.807) is 18.3 Å². The van der Waals surface area contributed by atoms with Gasteiger partial charge in [-0.3, -0.25) is 4.98 Å². The third kappa shape index (κ3) is 4.11. The summed E-state index contributed by atoms with van der Waals surface area (Å²) in [5.41, 5.74) is -0.00284. The third-order valence-electron chi connectivity index (χ3n) is 2.21. The average Bonchev–Trinajstić information content (AvgIpc) is 2.36. The van der Waals surface area contributed by atoms with Crippen LogP contribution in [-0.2, 0) is 11.9 Å². The molecule has 0 fully saturated rings. The Labute approximate surface area is 117 Å². The molecule has 100 valence electrons. The quantitative estimate of drug-likeness (QED) is 0.784. The SMILES string of the molecule is FC(F)(F)c1ccc(SCc2cc(Cl)ccn2)nc1. The topological polar surface area (TPSA) is 25.8 Å². The van der Waals surface area contributed by atoms with Crippen molar-refractivity contribution in [1.82, 2.24) is 9.97 Å². The van der Waals surface area contributed by atoms with Crippen LogP contribution in [0.5, 0.6) is 0 Å². The zero-order chi connectivity index (χ0) is 13.9. The molecule has 0 radical (unpaired) electrons. The predicted octanol–water partition coefficient (Wildman–Crippen LogP) is 4.44. The lowest BCUT2D eigenvalue weighted by atomic mass is 10.3. The van der Waals surface area contributed by atoms with E-state index in [9.17, 15) is 13.2 Å². The minimum absolute atomic E-state index is 0.499. The van der Waals surface area contributed by atoms with E-state index in [1.807, 2.05) is 0 Å². The molecule has 0 aliphatic carbocycles. The molecule has 0 unspecified atom stereocenters. The van der Waals surface area contributed by atoms with Crippen molar-refractivity contribution >= 4 is 23.4 Å². The number of aromatic nitrogens is 2. The van der Waals surface area contributed by atoms with Crippen LogP contribution in [0.4, 0.5) is 13.2 Å². The van der Waals surface area contributed by atoms with Crippen molar-refractivity contribution in [1.29, 1.82) is 0 Å². The van der Waals surface area contributed by atoms with E-state index < -0.39 is 11.7 Å². The second kappa shape index (κ2) is 5.79. The smallest absolute Gasteiger partial charge is 0.260 e. The fourth-order valence-electron chi connectivity index (χ4n) is 1.31. The van der Waals surface area contributed by atoms with Crippen molar-refractivity contribution < 1.29 is 13.2 Å². The van der Waals surface area contributed by atoms with E-state index in [-0.39, 0.29) is 0 Å². The first-order valence-electron chi connectivity index (χ1n) is 5.21. The van der Waals surface area contributed by atoms with E-state index in [4.69, 9.17) is 11.6 Å². The third-order valence-corrected chi connectivity index (χ3v) is 3.42. The first-order chi connectivity index (χ1) is 8.95. The zero-order valence-electron chi connectivity index (χ0n) is 9.49. The Morgan fingerprint density at radius 3 is 2.53 bits per heavy atom. The monoisotopic (exact) mass is 304 g/mol. The number of rotatable bonds is 3. The normalized spacial score (nSPS) is 11.6. The molecule has 0 aromatic carbocycles. The summed E-state index contributed by atoms with van der Waals surface area (Å²) in [5, 5.41) is 1.08. The molecule has 0 spiro atoms. The summed E-state index contributed by atoms with van der Waals surface area (Å²) in [4.78, 5) is 7.86. The van der Waals surface area contributed by atoms with Gasteiger partial charge in [-0.05, 0) is 24.3 Å². The maximum atomic E-state index is 12.3. The summed E-state index contributed by atoms with van der Waals surface area (Å²) < 4.78 is 37.0. The second-order valence-corrected chi connectivity index (χ2v) is 5.07. The van der Waals surface area contributed by atoms with Gasteiger partial charge in [0.15, 0.2) is 0 Å². The molecule has 2 heterocycles. The van der Waals surface area contributed by atoms with Gasteiger partial charge in [0.05, 0.1) is 16.3 Å². The number of pyridine rings is 2. The summed E-state index contributed by atoms with van der Waals surface area (Å²) in [7, 11) is 0. The molecule has 0 N–H and O–H groups in total. The lowest BCUT2D eigenvalue weighted by Gasteiger charge is -2.06. The molecule has 2 rings (SSSR count). The van der Waals surface area contributed by atoms with Gasteiger partial charge in [0.2, 0.25) is 0 Å². The van der Waals surface area contributed by atoms with E-state index >= 15 is 0 Å². The van der Waals surface area contributed by atoms with E-state index in [2.05, 4.69) is 9.97 Å². The molecule has 2 aromatic heterocycles. The number of hydrogen-bond acceptors (Lipinski definition) is 3. The van der Waals surface area contributed by atoms with Crippen LogP contribution in [0.3, 0.4) is 0 Å². The number of nitrogens with zero attached hydrogens (tertiary/aromatic N) is 2. The average molecular weight is 305 g/mol. The summed E-state index contributed by atoms with van der Waals surface area (Å²) >= 11 is 7.11. The lowest BCUT2D eigenvalue weighted by Crippen LogP contribution is -2.05. The van der Waals surface area contributed by atoms with Crippen LogP contribution in [0.1, 0.15) is 11.3 Å². The van der Waals surface area contributed by atoms with Gasteiger partial charge in [-0.25, -0.2) is 4.98 Å². The zero-order valence-corrected chi connectivity index (χ0v) is 11.1. The van der Waals surface area contributed by atoms with Gasteiger partial charge in [-0.15, -0.1) is 11.8 Å². The molecule has 19 heavy (non-hydrogen) atoms. The molecule has 2 aromatic rings. The molecule has 0 aliphatic heterocycles. The highest BCUT2D eigenvalue weighted by Gasteiger charge is 2.30. The van der Waals surface area contributed by atoms with Crippen LogP contribution in [0.25, 0.3) is 0 Å². The van der Waals surface area contributed by atoms with Gasteiger partial charge >= 0.3 is 6.18 Å². The molecule has 0 amide bonds. The number of halogens is 4. The van der Waals surface area contributed by atoms with Crippen LogP contribution in [-0.4, -0.2) is 9.97 Å². The lowest BCUT2D eigenvalue weighted by molar-refractivity contribution is -0.137. The van der Waals surface area contributed by atoms with Gasteiger partial charge in [-0.2, -0.15) is 13.2 Å². The molecule has 0 saturated carbocycles. The second-order valence-electron chi connectivity index (χ2n) is 3.64. The minimum Gasteiger partial charge on any atom is -0.260 e. The Morgan fingerprint density at radius 2 is 1.95 bits per heavy atom. The van der Waals surface area contributed by atoms with Crippen LogP contribution in [0.15, 0.2) is 41.7 Å². The molecular formula is C12H8ClF3N2S. The molecule has 2 nitrogen and oxygen atoms in total. The molecular weight excluding hydrogens is 297 g/mol. The van der Waals surface area contributed by atoms with Crippen molar-refractivity contribution in [2.75, 3.05) is 0 Å². The van der Waals surface area contributed by atoms with Gasteiger partial charge in [0.25, 0.3) is 0 Å². The highest BCUT2D eigenvalue weighted by Crippen LogP contribution is 2.30. The van der Waals surface area contributed by atoms with Crippen molar-refractivity contribution in [3.8, 4) is 0 Å². The van der Waals surface area contributed by atoms with Gasteiger partial charge in [-0.1, -0.05) is 11.6 Å². The van der Waals surface area contributed by atoms with Gasteiger partial charge < -0.3 is 0 Å². The highest BCUT2D eigenvalue weighted by molar-refractivity contribution is 7.98. The Kier molecular flexibility index (Phi) is 4.31. The fourth-order valence-corrected chi connectivity index (χ4v) is 2.24. The molecule has 7 heteroatoms. The minimum atomic E-state index is -4.36. The molecule has 0 bridgehead atoms. The van der Waals surface area contributed by atoms with E-state index in [0.717, 1.165) is 18.0 Å². The first kappa shape index (κ1) is 14.1. The van der Waals surface area contributed by atoms with Crippen molar-refractivity contribution in [3.63, 3.8) is 0 Å². The van der Waals surface area contributed by atoms with Gasteiger partial charge in [0, 0.05) is 23.2 Å². The van der Waals surface area contributed by atoms with E-state index in [1.165, 1.54) is 17.8 Å². The standard InChI is InChI=1S/C12H8ClF3N2S/c13-9-3-4-17-10(5-9)7-19-11-2-1-8(6-18-11)12(14,15)16/h1-6H,7H2. The summed E-state index contributed by atoms with van der Waals surface area (Å²) in [6, 6.07) is 5.73. The Bertz CT molecular complexity index is 558. The Morgan fingerprint density at radius 1 is 1.16 bits per heavy atom. The molecule has 0 atom stereocenters. The van der Waals surface area contributed by atoms with Crippen LogP contribution in [0.2, 0.25) is 5.02 Å². The summed E-state index contributed by atoms with van der Waals surface area (Å²) in [6.07, 6.45) is -1.95. The highest BCUT2D eigenvalue weighted by atomic mass is 35.5. The Balaban J connectivity index is 2.01. The number of alkyl halides is 3. The fraction of sp³-hybridized carbons (Fsp3) is 0.167. The van der Waals surface area contributed by atoms with E-state index in [0.29, 0.717) is 15.8 Å². The number of thioether (sulfide) groups is 1. The van der Waals surface area contributed by atoms with Crippen molar-refractivity contribution in [2.45, 2.75) is 17.0 Å². The first-order valence-corrected chi connectivity index (χ1v) is 6.58. The number of hydrogen-bond donors (Lipinski definition) is 0. The van der Waals surface area contributed by atoms with Crippen LogP contribution >= 0.6 is 23.4 Å².